The Balaban J connectivity index is 2.78. The first-order valence-corrected chi connectivity index (χ1v) is 5.41. The second kappa shape index (κ2) is 3.11. The lowest BCUT2D eigenvalue weighted by Crippen LogP contribution is -1.92. The van der Waals surface area contributed by atoms with Crippen LogP contribution < -0.4 is 0 Å². The Kier molecular flexibility index (Phi) is 2.08. The largest absolute Gasteiger partial charge is 0.259 e. The molecule has 0 aliphatic carbocycles. The molecule has 0 spiro atoms. The molecule has 0 bridgehead atoms. The molecule has 1 nitrogen and oxygen atoms in total. The van der Waals surface area contributed by atoms with E-state index in [1.807, 2.05) is 6.20 Å². The van der Waals surface area contributed by atoms with Crippen LogP contribution in [-0.2, 0) is 0 Å². The van der Waals surface area contributed by atoms with Crippen molar-refractivity contribution in [1.82, 2.24) is 4.98 Å². The van der Waals surface area contributed by atoms with Crippen LogP contribution >= 0.6 is 11.3 Å². The number of hydrogen-bond acceptors (Lipinski definition) is 2. The van der Waals surface area contributed by atoms with E-state index in [0.717, 1.165) is 0 Å². The van der Waals surface area contributed by atoms with Crippen LogP contribution in [0.3, 0.4) is 0 Å². The van der Waals surface area contributed by atoms with Gasteiger partial charge in [0.25, 0.3) is 0 Å². The number of aryl methyl sites for hydroxylation is 1. The molecule has 2 heteroatoms. The Morgan fingerprint density at radius 1 is 1.38 bits per heavy atom. The molecule has 2 aromatic rings. The molecule has 0 N–H and O–H groups in total. The molecule has 0 atom stereocenters. The van der Waals surface area contributed by atoms with Crippen molar-refractivity contribution in [3.8, 4) is 0 Å². The predicted molar refractivity (Wildman–Crippen MR) is 58.4 cm³/mol. The zero-order chi connectivity index (χ0) is 9.42. The zero-order valence-electron chi connectivity index (χ0n) is 8.16. The van der Waals surface area contributed by atoms with Crippen molar-refractivity contribution in [2.45, 2.75) is 26.7 Å². The highest BCUT2D eigenvalue weighted by Crippen LogP contribution is 2.29. The van der Waals surface area contributed by atoms with Gasteiger partial charge < -0.3 is 0 Å². The van der Waals surface area contributed by atoms with Crippen LogP contribution in [0.1, 0.15) is 31.0 Å². The Hall–Kier alpha value is -0.890. The minimum absolute atomic E-state index is 0.516. The summed E-state index contributed by atoms with van der Waals surface area (Å²) in [6.07, 6.45) is 1.98. The Bertz CT molecular complexity index is 429. The van der Waals surface area contributed by atoms with Crippen LogP contribution in [0.25, 0.3) is 10.1 Å². The summed E-state index contributed by atoms with van der Waals surface area (Å²) in [4.78, 5) is 4.49. The molecule has 68 valence electrons. The zero-order valence-corrected chi connectivity index (χ0v) is 8.98. The van der Waals surface area contributed by atoms with E-state index >= 15 is 0 Å². The van der Waals surface area contributed by atoms with Gasteiger partial charge in [0.2, 0.25) is 0 Å². The van der Waals surface area contributed by atoms with Gasteiger partial charge in [0.05, 0.1) is 10.4 Å². The average molecular weight is 191 g/mol. The second-order valence-electron chi connectivity index (χ2n) is 3.64. The van der Waals surface area contributed by atoms with Crippen molar-refractivity contribution in [1.29, 1.82) is 0 Å². The van der Waals surface area contributed by atoms with E-state index in [-0.39, 0.29) is 0 Å². The van der Waals surface area contributed by atoms with Gasteiger partial charge in [-0.05, 0) is 35.2 Å². The lowest BCUT2D eigenvalue weighted by molar-refractivity contribution is 0.835. The summed E-state index contributed by atoms with van der Waals surface area (Å²) in [6.45, 7) is 6.50. The van der Waals surface area contributed by atoms with Crippen molar-refractivity contribution in [3.05, 3.63) is 28.9 Å². The van der Waals surface area contributed by atoms with Gasteiger partial charge in [-0.15, -0.1) is 11.3 Å². The number of fused-ring (bicyclic) bond motifs is 1. The Labute approximate surface area is 82.4 Å². The smallest absolute Gasteiger partial charge is 0.0607 e. The first-order chi connectivity index (χ1) is 6.20. The molecule has 2 aromatic heterocycles. The van der Waals surface area contributed by atoms with E-state index < -0.39 is 0 Å². The summed E-state index contributed by atoms with van der Waals surface area (Å²) >= 11 is 1.79. The van der Waals surface area contributed by atoms with E-state index in [0.29, 0.717) is 5.92 Å². The first kappa shape index (κ1) is 8.70. The van der Waals surface area contributed by atoms with E-state index in [9.17, 15) is 0 Å². The summed E-state index contributed by atoms with van der Waals surface area (Å²) < 4.78 is 1.36. The average Bonchev–Trinajstić information content (AvgIpc) is 2.53. The fourth-order valence-corrected chi connectivity index (χ4v) is 2.63. The fourth-order valence-electron chi connectivity index (χ4n) is 1.52. The third kappa shape index (κ3) is 1.35. The van der Waals surface area contributed by atoms with Crippen LogP contribution in [-0.4, -0.2) is 4.98 Å². The maximum Gasteiger partial charge on any atom is 0.0607 e. The van der Waals surface area contributed by atoms with Crippen LogP contribution in [0, 0.1) is 6.92 Å². The highest BCUT2D eigenvalue weighted by atomic mass is 32.1. The Morgan fingerprint density at radius 3 is 2.85 bits per heavy atom. The van der Waals surface area contributed by atoms with Crippen molar-refractivity contribution in [3.63, 3.8) is 0 Å². The maximum atomic E-state index is 4.49. The number of hydrogen-bond donors (Lipinski definition) is 0. The quantitative estimate of drug-likeness (QED) is 0.669. The molecule has 0 aliphatic rings. The maximum absolute atomic E-state index is 4.49. The van der Waals surface area contributed by atoms with Crippen molar-refractivity contribution >= 4 is 21.4 Å². The van der Waals surface area contributed by atoms with E-state index in [4.69, 9.17) is 0 Å². The molecule has 0 radical (unpaired) electrons. The normalized spacial score (nSPS) is 11.4. The van der Waals surface area contributed by atoms with Gasteiger partial charge >= 0.3 is 0 Å². The van der Waals surface area contributed by atoms with Crippen LogP contribution in [0.5, 0.6) is 0 Å². The van der Waals surface area contributed by atoms with Crippen LogP contribution in [0.2, 0.25) is 0 Å². The molecule has 0 amide bonds. The second-order valence-corrected chi connectivity index (χ2v) is 4.56. The monoisotopic (exact) mass is 191 g/mol. The Morgan fingerprint density at radius 2 is 2.15 bits per heavy atom. The fraction of sp³-hybridized carbons (Fsp3) is 0.364. The summed E-state index contributed by atoms with van der Waals surface area (Å²) in [7, 11) is 0. The van der Waals surface area contributed by atoms with Crippen LogP contribution in [0.4, 0.5) is 0 Å². The summed E-state index contributed by atoms with van der Waals surface area (Å²) in [5.74, 6) is 0.516. The molecule has 0 saturated heterocycles. The molecular formula is C11H13NS. The van der Waals surface area contributed by atoms with Gasteiger partial charge in [0.1, 0.15) is 0 Å². The molecule has 0 fully saturated rings. The molecule has 0 aromatic carbocycles. The van der Waals surface area contributed by atoms with Crippen molar-refractivity contribution < 1.29 is 0 Å². The number of aromatic nitrogens is 1. The van der Waals surface area contributed by atoms with Gasteiger partial charge in [0.15, 0.2) is 0 Å². The topological polar surface area (TPSA) is 12.9 Å². The van der Waals surface area contributed by atoms with Gasteiger partial charge in [-0.3, -0.25) is 4.98 Å². The van der Waals surface area contributed by atoms with E-state index in [1.165, 1.54) is 21.3 Å². The highest BCUT2D eigenvalue weighted by Gasteiger charge is 2.08. The number of nitrogens with zero attached hydrogens (tertiary/aromatic N) is 1. The van der Waals surface area contributed by atoms with Gasteiger partial charge in [-0.2, -0.15) is 0 Å². The molecule has 13 heavy (non-hydrogen) atoms. The summed E-state index contributed by atoms with van der Waals surface area (Å²) in [5, 5.41) is 3.51. The summed E-state index contributed by atoms with van der Waals surface area (Å²) in [6, 6.07) is 2.18. The number of thiophene rings is 1. The van der Waals surface area contributed by atoms with Gasteiger partial charge in [-0.1, -0.05) is 13.8 Å². The van der Waals surface area contributed by atoms with Crippen molar-refractivity contribution in [2.75, 3.05) is 0 Å². The molecule has 2 rings (SSSR count). The van der Waals surface area contributed by atoms with Crippen molar-refractivity contribution in [2.24, 2.45) is 0 Å². The third-order valence-electron chi connectivity index (χ3n) is 2.27. The van der Waals surface area contributed by atoms with E-state index in [2.05, 4.69) is 37.2 Å². The highest BCUT2D eigenvalue weighted by molar-refractivity contribution is 7.17. The predicted octanol–water partition coefficient (Wildman–Crippen LogP) is 3.73. The SMILES string of the molecule is Cc1cnc(C(C)C)c2sccc12. The number of pyridine rings is 1. The molecule has 0 aliphatic heterocycles. The molecule has 2 heterocycles. The van der Waals surface area contributed by atoms with Gasteiger partial charge in [-0.25, -0.2) is 0 Å². The molecule has 0 unspecified atom stereocenters. The minimum atomic E-state index is 0.516. The lowest BCUT2D eigenvalue weighted by atomic mass is 10.1. The third-order valence-corrected chi connectivity index (χ3v) is 3.20. The minimum Gasteiger partial charge on any atom is -0.259 e. The van der Waals surface area contributed by atoms with Gasteiger partial charge in [0, 0.05) is 6.20 Å². The lowest BCUT2D eigenvalue weighted by Gasteiger charge is -2.06. The first-order valence-electron chi connectivity index (χ1n) is 4.53. The summed E-state index contributed by atoms with van der Waals surface area (Å²) in [5.41, 5.74) is 2.51. The molecule has 0 saturated carbocycles. The van der Waals surface area contributed by atoms with Crippen LogP contribution in [0.15, 0.2) is 17.6 Å². The molecular weight excluding hydrogens is 178 g/mol. The number of rotatable bonds is 1. The van der Waals surface area contributed by atoms with E-state index in [1.54, 1.807) is 11.3 Å². The standard InChI is InChI=1S/C11H13NS/c1-7(2)10-11-9(4-5-13-11)8(3)6-12-10/h4-7H,1-3H3.